The number of pyridine rings is 1. The van der Waals surface area contributed by atoms with E-state index in [1.165, 1.54) is 5.56 Å². The molecule has 28 heavy (non-hydrogen) atoms. The van der Waals surface area contributed by atoms with Crippen LogP contribution in [0, 0.1) is 11.3 Å². The van der Waals surface area contributed by atoms with Crippen LogP contribution in [0.2, 0.25) is 0 Å². The van der Waals surface area contributed by atoms with E-state index in [4.69, 9.17) is 4.98 Å². The molecular weight excluding hydrogens is 352 g/mol. The maximum Gasteiger partial charge on any atom is 0.219 e. The second-order valence-electron chi connectivity index (χ2n) is 7.45. The van der Waals surface area contributed by atoms with Gasteiger partial charge in [0.05, 0.1) is 16.6 Å². The van der Waals surface area contributed by atoms with Crippen molar-refractivity contribution in [2.45, 2.75) is 19.9 Å². The maximum atomic E-state index is 11.8. The fourth-order valence-corrected chi connectivity index (χ4v) is 4.54. The zero-order valence-electron chi connectivity index (χ0n) is 15.9. The molecule has 2 aliphatic heterocycles. The quantitative estimate of drug-likeness (QED) is 0.701. The molecule has 0 unspecified atom stereocenters. The molecule has 0 atom stereocenters. The Morgan fingerprint density at radius 1 is 1.18 bits per heavy atom. The van der Waals surface area contributed by atoms with Crippen LogP contribution in [0.4, 0.5) is 5.82 Å². The number of carbonyl (C=O) groups is 1. The Morgan fingerprint density at radius 3 is 2.71 bits per heavy atom. The van der Waals surface area contributed by atoms with Crippen LogP contribution in [0.3, 0.4) is 0 Å². The number of amides is 1. The van der Waals surface area contributed by atoms with Gasteiger partial charge in [0.15, 0.2) is 5.65 Å². The van der Waals surface area contributed by atoms with Gasteiger partial charge in [-0.1, -0.05) is 12.1 Å². The molecule has 1 N–H and O–H groups in total. The molecule has 5 rings (SSSR count). The molecule has 1 aromatic carbocycles. The lowest BCUT2D eigenvalue weighted by molar-refractivity contribution is -0.129. The Morgan fingerprint density at radius 2 is 1.96 bits per heavy atom. The average molecular weight is 374 g/mol. The van der Waals surface area contributed by atoms with Gasteiger partial charge in [0.1, 0.15) is 11.9 Å². The van der Waals surface area contributed by atoms with E-state index < -0.39 is 0 Å². The van der Waals surface area contributed by atoms with Gasteiger partial charge < -0.3 is 15.1 Å². The van der Waals surface area contributed by atoms with Crippen LogP contribution in [-0.4, -0.2) is 52.9 Å². The Labute approximate surface area is 163 Å². The Hall–Kier alpha value is -3.11. The summed E-state index contributed by atoms with van der Waals surface area (Å²) in [7, 11) is 0. The molecule has 4 heterocycles. The highest BCUT2D eigenvalue weighted by Crippen LogP contribution is 2.35. The van der Waals surface area contributed by atoms with Gasteiger partial charge in [-0.05, 0) is 30.7 Å². The predicted octanol–water partition coefficient (Wildman–Crippen LogP) is 1.67. The molecule has 0 radical (unpaired) electrons. The third-order valence-electron chi connectivity index (χ3n) is 5.92. The number of hydrogen-bond acceptors (Lipinski definition) is 5. The number of fused-ring (bicyclic) bond motifs is 4. The lowest BCUT2D eigenvalue weighted by Crippen LogP contribution is -2.49. The smallest absolute Gasteiger partial charge is 0.219 e. The summed E-state index contributed by atoms with van der Waals surface area (Å²) in [6.07, 6.45) is 0.832. The Kier molecular flexibility index (Phi) is 3.95. The van der Waals surface area contributed by atoms with Gasteiger partial charge in [0, 0.05) is 45.2 Å². The summed E-state index contributed by atoms with van der Waals surface area (Å²) in [4.78, 5) is 20.8. The minimum Gasteiger partial charge on any atom is -0.354 e. The molecule has 1 fully saturated rings. The van der Waals surface area contributed by atoms with Crippen molar-refractivity contribution in [3.8, 4) is 6.07 Å². The number of nitrogens with zero attached hydrogens (tertiary/aromatic N) is 5. The van der Waals surface area contributed by atoms with Crippen LogP contribution < -0.4 is 10.2 Å². The number of piperazine rings is 1. The molecule has 0 saturated carbocycles. The third-order valence-corrected chi connectivity index (χ3v) is 5.92. The highest BCUT2D eigenvalue weighted by atomic mass is 16.2. The molecule has 0 aliphatic carbocycles. The van der Waals surface area contributed by atoms with Gasteiger partial charge in [-0.25, -0.2) is 4.98 Å². The van der Waals surface area contributed by atoms with Crippen molar-refractivity contribution in [3.63, 3.8) is 0 Å². The number of nitrogens with one attached hydrogen (secondary N) is 1. The summed E-state index contributed by atoms with van der Waals surface area (Å²) in [5, 5.41) is 13.4. The van der Waals surface area contributed by atoms with E-state index >= 15 is 0 Å². The van der Waals surface area contributed by atoms with E-state index in [9.17, 15) is 10.1 Å². The van der Waals surface area contributed by atoms with Crippen molar-refractivity contribution >= 4 is 28.4 Å². The van der Waals surface area contributed by atoms with Crippen molar-refractivity contribution in [1.82, 2.24) is 19.6 Å². The first-order valence-corrected chi connectivity index (χ1v) is 9.75. The summed E-state index contributed by atoms with van der Waals surface area (Å²) < 4.78 is 2.16. The average Bonchev–Trinajstić information content (AvgIpc) is 3.11. The van der Waals surface area contributed by atoms with Gasteiger partial charge in [-0.2, -0.15) is 5.26 Å². The van der Waals surface area contributed by atoms with Crippen molar-refractivity contribution in [2.24, 2.45) is 0 Å². The number of benzene rings is 1. The topological polar surface area (TPSA) is 76.7 Å². The number of carbonyl (C=O) groups excluding carboxylic acids is 1. The van der Waals surface area contributed by atoms with Crippen LogP contribution in [0.1, 0.15) is 23.6 Å². The summed E-state index contributed by atoms with van der Waals surface area (Å²) in [5.41, 5.74) is 5.67. The largest absolute Gasteiger partial charge is 0.354 e. The molecule has 1 amide bonds. The fraction of sp³-hybridized carbons (Fsp3) is 0.381. The molecule has 1 saturated heterocycles. The number of aromatic nitrogens is 2. The molecule has 0 spiro atoms. The lowest BCUT2D eigenvalue weighted by atomic mass is 9.96. The standard InChI is InChI=1S/C21H22N6O/c1-14(28)25-8-10-26(11-9-25)21-17-13-23-7-6-15(17)16(12-22)20-24-18-4-2-3-5-19(18)27(20)21/h2-5,23H,6-11,13H2,1H3. The van der Waals surface area contributed by atoms with Gasteiger partial charge in [-0.3, -0.25) is 9.20 Å². The van der Waals surface area contributed by atoms with Crippen molar-refractivity contribution in [3.05, 3.63) is 41.0 Å². The van der Waals surface area contributed by atoms with Crippen LogP contribution >= 0.6 is 0 Å². The minimum absolute atomic E-state index is 0.126. The minimum atomic E-state index is 0.126. The Bertz CT molecular complexity index is 1130. The molecule has 142 valence electrons. The van der Waals surface area contributed by atoms with Gasteiger partial charge in [-0.15, -0.1) is 0 Å². The van der Waals surface area contributed by atoms with Gasteiger partial charge in [0.2, 0.25) is 5.91 Å². The third kappa shape index (κ3) is 2.45. The van der Waals surface area contributed by atoms with Crippen LogP contribution in [-0.2, 0) is 17.8 Å². The van der Waals surface area contributed by atoms with Crippen molar-refractivity contribution in [2.75, 3.05) is 37.6 Å². The number of rotatable bonds is 1. The molecule has 2 aliphatic rings. The monoisotopic (exact) mass is 374 g/mol. The maximum absolute atomic E-state index is 11.8. The van der Waals surface area contributed by atoms with E-state index in [1.807, 2.05) is 23.1 Å². The molecule has 3 aromatic rings. The number of hydrogen-bond donors (Lipinski definition) is 1. The summed E-state index contributed by atoms with van der Waals surface area (Å²) in [6, 6.07) is 10.5. The number of anilines is 1. The van der Waals surface area contributed by atoms with E-state index in [0.29, 0.717) is 18.7 Å². The first-order chi connectivity index (χ1) is 13.7. The predicted molar refractivity (Wildman–Crippen MR) is 107 cm³/mol. The van der Waals surface area contributed by atoms with Gasteiger partial charge >= 0.3 is 0 Å². The molecule has 7 nitrogen and oxygen atoms in total. The highest BCUT2D eigenvalue weighted by molar-refractivity contribution is 5.86. The second kappa shape index (κ2) is 6.50. The van der Waals surface area contributed by atoms with E-state index in [0.717, 1.165) is 60.7 Å². The fourth-order valence-electron chi connectivity index (χ4n) is 4.54. The first-order valence-electron chi connectivity index (χ1n) is 9.75. The second-order valence-corrected chi connectivity index (χ2v) is 7.45. The molecule has 0 bridgehead atoms. The van der Waals surface area contributed by atoms with E-state index in [2.05, 4.69) is 26.8 Å². The number of nitriles is 1. The lowest BCUT2D eigenvalue weighted by Gasteiger charge is -2.38. The normalized spacial score (nSPS) is 17.0. The van der Waals surface area contributed by atoms with Crippen LogP contribution in [0.15, 0.2) is 24.3 Å². The van der Waals surface area contributed by atoms with E-state index in [1.54, 1.807) is 6.92 Å². The number of para-hydroxylation sites is 2. The Balaban J connectivity index is 1.78. The highest BCUT2D eigenvalue weighted by Gasteiger charge is 2.29. The van der Waals surface area contributed by atoms with Gasteiger partial charge in [0.25, 0.3) is 0 Å². The molecule has 7 heteroatoms. The van der Waals surface area contributed by atoms with Crippen LogP contribution in [0.5, 0.6) is 0 Å². The summed E-state index contributed by atoms with van der Waals surface area (Å²) in [6.45, 7) is 6.23. The molecular formula is C21H22N6O. The summed E-state index contributed by atoms with van der Waals surface area (Å²) in [5.74, 6) is 1.24. The van der Waals surface area contributed by atoms with Crippen molar-refractivity contribution < 1.29 is 4.79 Å². The number of imidazole rings is 1. The zero-order chi connectivity index (χ0) is 19.3. The zero-order valence-corrected chi connectivity index (χ0v) is 15.9. The summed E-state index contributed by atoms with van der Waals surface area (Å²) >= 11 is 0. The molecule has 2 aromatic heterocycles. The van der Waals surface area contributed by atoms with Crippen molar-refractivity contribution in [1.29, 1.82) is 5.26 Å². The first kappa shape index (κ1) is 17.0. The van der Waals surface area contributed by atoms with E-state index in [-0.39, 0.29) is 5.91 Å². The SMILES string of the molecule is CC(=O)N1CCN(c2c3c(c(C#N)c4nc5ccccc5n24)CCNC3)CC1. The van der Waals surface area contributed by atoms with Crippen LogP contribution in [0.25, 0.3) is 16.7 Å².